The maximum Gasteiger partial charge on any atom is 0.224 e. The molecule has 1 aliphatic rings. The Labute approximate surface area is 130 Å². The van der Waals surface area contributed by atoms with Crippen LogP contribution in [0.5, 0.6) is 0 Å². The fourth-order valence-corrected chi connectivity index (χ4v) is 2.81. The number of rotatable bonds is 5. The van der Waals surface area contributed by atoms with Crippen molar-refractivity contribution in [1.29, 1.82) is 0 Å². The van der Waals surface area contributed by atoms with Crippen LogP contribution in [0.3, 0.4) is 0 Å². The molecule has 0 aliphatic carbocycles. The number of amides is 1. The van der Waals surface area contributed by atoms with E-state index < -0.39 is 0 Å². The lowest BCUT2D eigenvalue weighted by atomic mass is 10.1. The van der Waals surface area contributed by atoms with Crippen molar-refractivity contribution >= 4 is 17.3 Å². The van der Waals surface area contributed by atoms with E-state index in [1.165, 1.54) is 11.1 Å². The van der Waals surface area contributed by atoms with Crippen molar-refractivity contribution in [3.63, 3.8) is 0 Å². The van der Waals surface area contributed by atoms with E-state index >= 15 is 0 Å². The molecule has 2 heterocycles. The highest BCUT2D eigenvalue weighted by Gasteiger charge is 2.12. The summed E-state index contributed by atoms with van der Waals surface area (Å²) in [5.41, 5.74) is 4.58. The van der Waals surface area contributed by atoms with Gasteiger partial charge in [0.15, 0.2) is 0 Å². The van der Waals surface area contributed by atoms with Crippen molar-refractivity contribution in [3.05, 3.63) is 41.7 Å². The predicted molar refractivity (Wildman–Crippen MR) is 88.0 cm³/mol. The predicted octanol–water partition coefficient (Wildman–Crippen LogP) is 2.74. The van der Waals surface area contributed by atoms with Gasteiger partial charge in [-0.3, -0.25) is 9.48 Å². The quantitative estimate of drug-likeness (QED) is 0.834. The SMILES string of the molecule is Cn1cc(CCCNc2ccc3c(c2)CCCC(=O)N3)cn1. The van der Waals surface area contributed by atoms with Gasteiger partial charge in [-0.15, -0.1) is 0 Å². The summed E-state index contributed by atoms with van der Waals surface area (Å²) in [5, 5.41) is 10.6. The van der Waals surface area contributed by atoms with Gasteiger partial charge >= 0.3 is 0 Å². The first-order valence-corrected chi connectivity index (χ1v) is 7.85. The number of aryl methyl sites for hydroxylation is 3. The van der Waals surface area contributed by atoms with E-state index in [1.807, 2.05) is 30.1 Å². The fraction of sp³-hybridized carbons (Fsp3) is 0.412. The maximum absolute atomic E-state index is 11.5. The van der Waals surface area contributed by atoms with E-state index in [1.54, 1.807) is 0 Å². The number of nitrogens with one attached hydrogen (secondary N) is 2. The summed E-state index contributed by atoms with van der Waals surface area (Å²) in [6.45, 7) is 0.931. The molecule has 0 saturated carbocycles. The Balaban J connectivity index is 1.52. The summed E-state index contributed by atoms with van der Waals surface area (Å²) in [6, 6.07) is 6.20. The molecule has 0 saturated heterocycles. The zero-order valence-electron chi connectivity index (χ0n) is 12.9. The Morgan fingerprint density at radius 2 is 2.27 bits per heavy atom. The zero-order valence-corrected chi connectivity index (χ0v) is 12.9. The van der Waals surface area contributed by atoms with Gasteiger partial charge in [-0.05, 0) is 55.0 Å². The second-order valence-corrected chi connectivity index (χ2v) is 5.83. The Hall–Kier alpha value is -2.30. The molecule has 5 nitrogen and oxygen atoms in total. The molecule has 3 rings (SSSR count). The molecule has 1 aliphatic heterocycles. The van der Waals surface area contributed by atoms with Crippen LogP contribution in [-0.4, -0.2) is 22.2 Å². The van der Waals surface area contributed by atoms with Gasteiger partial charge in [0.1, 0.15) is 0 Å². The van der Waals surface area contributed by atoms with Gasteiger partial charge < -0.3 is 10.6 Å². The summed E-state index contributed by atoms with van der Waals surface area (Å²) in [4.78, 5) is 11.5. The summed E-state index contributed by atoms with van der Waals surface area (Å²) < 4.78 is 1.84. The first-order chi connectivity index (χ1) is 10.7. The third-order valence-electron chi connectivity index (χ3n) is 3.96. The number of anilines is 2. The molecule has 1 amide bonds. The van der Waals surface area contributed by atoms with Crippen molar-refractivity contribution in [2.75, 3.05) is 17.2 Å². The summed E-state index contributed by atoms with van der Waals surface area (Å²) >= 11 is 0. The molecule has 0 radical (unpaired) electrons. The molecule has 5 heteroatoms. The molecule has 0 unspecified atom stereocenters. The number of nitrogens with zero attached hydrogens (tertiary/aromatic N) is 2. The molecular weight excluding hydrogens is 276 g/mol. The zero-order chi connectivity index (χ0) is 15.4. The van der Waals surface area contributed by atoms with Crippen LogP contribution >= 0.6 is 0 Å². The molecule has 2 N–H and O–H groups in total. The van der Waals surface area contributed by atoms with E-state index in [9.17, 15) is 4.79 Å². The second-order valence-electron chi connectivity index (χ2n) is 5.83. The lowest BCUT2D eigenvalue weighted by molar-refractivity contribution is -0.116. The molecule has 1 aromatic carbocycles. The van der Waals surface area contributed by atoms with Gasteiger partial charge in [0.05, 0.1) is 6.20 Å². The Morgan fingerprint density at radius 1 is 1.36 bits per heavy atom. The van der Waals surface area contributed by atoms with E-state index in [4.69, 9.17) is 0 Å². The van der Waals surface area contributed by atoms with Gasteiger partial charge in [0.25, 0.3) is 0 Å². The Morgan fingerprint density at radius 3 is 3.09 bits per heavy atom. The average molecular weight is 298 g/mol. The maximum atomic E-state index is 11.5. The number of hydrogen-bond acceptors (Lipinski definition) is 3. The molecule has 22 heavy (non-hydrogen) atoms. The van der Waals surface area contributed by atoms with Crippen molar-refractivity contribution in [3.8, 4) is 0 Å². The van der Waals surface area contributed by atoms with Crippen LogP contribution in [0.1, 0.15) is 30.4 Å². The summed E-state index contributed by atoms with van der Waals surface area (Å²) in [7, 11) is 1.94. The molecule has 1 aromatic heterocycles. The molecule has 0 bridgehead atoms. The van der Waals surface area contributed by atoms with Gasteiger partial charge in [-0.25, -0.2) is 0 Å². The highest BCUT2D eigenvalue weighted by atomic mass is 16.1. The number of carbonyl (C=O) groups excluding carboxylic acids is 1. The smallest absolute Gasteiger partial charge is 0.224 e. The lowest BCUT2D eigenvalue weighted by Crippen LogP contribution is -2.09. The third kappa shape index (κ3) is 3.67. The highest BCUT2D eigenvalue weighted by Crippen LogP contribution is 2.25. The normalized spacial score (nSPS) is 14.1. The Bertz CT molecular complexity index is 662. The monoisotopic (exact) mass is 298 g/mol. The van der Waals surface area contributed by atoms with Crippen LogP contribution in [0, 0.1) is 0 Å². The molecule has 0 spiro atoms. The molecule has 0 atom stereocenters. The van der Waals surface area contributed by atoms with Crippen molar-refractivity contribution in [2.24, 2.45) is 7.05 Å². The number of benzene rings is 1. The molecule has 0 fully saturated rings. The molecular formula is C17H22N4O. The van der Waals surface area contributed by atoms with E-state index in [0.29, 0.717) is 6.42 Å². The highest BCUT2D eigenvalue weighted by molar-refractivity contribution is 5.92. The Kier molecular flexibility index (Phi) is 4.42. The van der Waals surface area contributed by atoms with Gasteiger partial charge in [-0.2, -0.15) is 5.10 Å². The number of hydrogen-bond donors (Lipinski definition) is 2. The van der Waals surface area contributed by atoms with Gasteiger partial charge in [0, 0.05) is 37.6 Å². The van der Waals surface area contributed by atoms with Crippen LogP contribution in [0.25, 0.3) is 0 Å². The van der Waals surface area contributed by atoms with Crippen LogP contribution in [0.15, 0.2) is 30.6 Å². The number of aromatic nitrogens is 2. The van der Waals surface area contributed by atoms with Crippen molar-refractivity contribution < 1.29 is 4.79 Å². The van der Waals surface area contributed by atoms with E-state index in [0.717, 1.165) is 43.6 Å². The standard InChI is InChI=1S/C17H22N4O/c1-21-12-13(11-19-21)4-3-9-18-15-7-8-16-14(10-15)5-2-6-17(22)20-16/h7-8,10-12,18H,2-6,9H2,1H3,(H,20,22). The van der Waals surface area contributed by atoms with Crippen LogP contribution in [-0.2, 0) is 24.7 Å². The average Bonchev–Trinajstić information content (AvgIpc) is 2.81. The minimum absolute atomic E-state index is 0.121. The van der Waals surface area contributed by atoms with Crippen LogP contribution < -0.4 is 10.6 Å². The minimum Gasteiger partial charge on any atom is -0.385 e. The fourth-order valence-electron chi connectivity index (χ4n) is 2.81. The van der Waals surface area contributed by atoms with Crippen LogP contribution in [0.4, 0.5) is 11.4 Å². The van der Waals surface area contributed by atoms with E-state index in [-0.39, 0.29) is 5.91 Å². The number of carbonyl (C=O) groups is 1. The topological polar surface area (TPSA) is 59.0 Å². The summed E-state index contributed by atoms with van der Waals surface area (Å²) in [6.07, 6.45) is 8.57. The first-order valence-electron chi connectivity index (χ1n) is 7.85. The number of fused-ring (bicyclic) bond motifs is 1. The van der Waals surface area contributed by atoms with Gasteiger partial charge in [0.2, 0.25) is 5.91 Å². The van der Waals surface area contributed by atoms with Gasteiger partial charge in [-0.1, -0.05) is 0 Å². The lowest BCUT2D eigenvalue weighted by Gasteiger charge is -2.11. The van der Waals surface area contributed by atoms with E-state index in [2.05, 4.69) is 28.0 Å². The van der Waals surface area contributed by atoms with Crippen LogP contribution in [0.2, 0.25) is 0 Å². The second kappa shape index (κ2) is 6.64. The van der Waals surface area contributed by atoms with Crippen molar-refractivity contribution in [2.45, 2.75) is 32.1 Å². The van der Waals surface area contributed by atoms with Crippen molar-refractivity contribution in [1.82, 2.24) is 9.78 Å². The largest absolute Gasteiger partial charge is 0.385 e. The molecule has 2 aromatic rings. The first kappa shape index (κ1) is 14.6. The third-order valence-corrected chi connectivity index (χ3v) is 3.96. The minimum atomic E-state index is 0.121. The molecule has 116 valence electrons. The summed E-state index contributed by atoms with van der Waals surface area (Å²) in [5.74, 6) is 0.121.